The van der Waals surface area contributed by atoms with E-state index in [0.29, 0.717) is 28.4 Å². The van der Waals surface area contributed by atoms with E-state index in [1.165, 1.54) is 6.07 Å². The molecule has 6 nitrogen and oxygen atoms in total. The monoisotopic (exact) mass is 418 g/mol. The van der Waals surface area contributed by atoms with Crippen LogP contribution in [0.4, 0.5) is 10.1 Å². The van der Waals surface area contributed by atoms with Crippen LogP contribution in [0, 0.1) is 5.82 Å². The Labute approximate surface area is 174 Å². The van der Waals surface area contributed by atoms with Gasteiger partial charge in [0.1, 0.15) is 5.82 Å². The third-order valence-electron chi connectivity index (χ3n) is 4.93. The van der Waals surface area contributed by atoms with E-state index >= 15 is 0 Å². The first-order valence-electron chi connectivity index (χ1n) is 9.46. The van der Waals surface area contributed by atoms with Gasteiger partial charge in [-0.2, -0.15) is 0 Å². The fraction of sp³-hybridized carbons (Fsp3) is 0.333. The fourth-order valence-corrected chi connectivity index (χ4v) is 3.49. The predicted molar refractivity (Wildman–Crippen MR) is 112 cm³/mol. The molecule has 2 aromatic carbocycles. The third-order valence-corrected chi connectivity index (χ3v) is 5.29. The van der Waals surface area contributed by atoms with E-state index in [1.807, 2.05) is 0 Å². The summed E-state index contributed by atoms with van der Waals surface area (Å²) in [6.45, 7) is 3.65. The second-order valence-corrected chi connectivity index (χ2v) is 7.36. The van der Waals surface area contributed by atoms with Gasteiger partial charge in [0.2, 0.25) is 5.91 Å². The molecule has 1 heterocycles. The molecule has 0 aromatic heterocycles. The third kappa shape index (κ3) is 5.76. The number of hydrogen-bond acceptors (Lipinski definition) is 4. The summed E-state index contributed by atoms with van der Waals surface area (Å²) in [5.74, 6) is -0.567. The van der Waals surface area contributed by atoms with Crippen molar-refractivity contribution in [3.05, 3.63) is 64.4 Å². The van der Waals surface area contributed by atoms with Gasteiger partial charge in [-0.1, -0.05) is 17.7 Å². The molecule has 2 aromatic rings. The van der Waals surface area contributed by atoms with Crippen LogP contribution in [0.5, 0.6) is 0 Å². The van der Waals surface area contributed by atoms with E-state index in [1.54, 1.807) is 43.4 Å². The van der Waals surface area contributed by atoms with Gasteiger partial charge in [-0.25, -0.2) is 4.39 Å². The summed E-state index contributed by atoms with van der Waals surface area (Å²) in [5.41, 5.74) is 1.70. The van der Waals surface area contributed by atoms with Crippen LogP contribution in [0.1, 0.15) is 15.9 Å². The number of hydrogen-bond donors (Lipinski definition) is 2. The van der Waals surface area contributed by atoms with Crippen LogP contribution in [0.2, 0.25) is 5.02 Å². The van der Waals surface area contributed by atoms with E-state index in [2.05, 4.69) is 20.4 Å². The van der Waals surface area contributed by atoms with Gasteiger partial charge in [-0.15, -0.1) is 0 Å². The SMILES string of the molecule is CNC(=O)c1ccc(NC(=O)CN2CCN(Cc3c(F)cccc3Cl)CC2)cc1. The van der Waals surface area contributed by atoms with Crippen molar-refractivity contribution in [1.82, 2.24) is 15.1 Å². The first kappa shape index (κ1) is 21.2. The minimum Gasteiger partial charge on any atom is -0.355 e. The molecule has 0 radical (unpaired) electrons. The van der Waals surface area contributed by atoms with Gasteiger partial charge in [0.05, 0.1) is 6.54 Å². The molecule has 1 fully saturated rings. The number of rotatable bonds is 6. The maximum atomic E-state index is 14.0. The molecule has 0 unspecified atom stereocenters. The molecule has 29 heavy (non-hydrogen) atoms. The molecule has 0 saturated carbocycles. The minimum atomic E-state index is -0.290. The lowest BCUT2D eigenvalue weighted by atomic mass is 10.2. The van der Waals surface area contributed by atoms with E-state index in [9.17, 15) is 14.0 Å². The maximum Gasteiger partial charge on any atom is 0.251 e. The predicted octanol–water partition coefficient (Wildman–Crippen LogP) is 2.59. The van der Waals surface area contributed by atoms with Crippen molar-refractivity contribution < 1.29 is 14.0 Å². The smallest absolute Gasteiger partial charge is 0.251 e. The average molecular weight is 419 g/mol. The van der Waals surface area contributed by atoms with Crippen LogP contribution in [0.25, 0.3) is 0 Å². The molecular formula is C21H24ClFN4O2. The van der Waals surface area contributed by atoms with Crippen molar-refractivity contribution in [3.8, 4) is 0 Å². The Bertz CT molecular complexity index is 847. The summed E-state index contributed by atoms with van der Waals surface area (Å²) >= 11 is 6.11. The van der Waals surface area contributed by atoms with Gasteiger partial charge in [-0.05, 0) is 36.4 Å². The highest BCUT2D eigenvalue weighted by Crippen LogP contribution is 2.21. The lowest BCUT2D eigenvalue weighted by molar-refractivity contribution is -0.117. The van der Waals surface area contributed by atoms with E-state index in [4.69, 9.17) is 11.6 Å². The highest BCUT2D eigenvalue weighted by Gasteiger charge is 2.21. The van der Waals surface area contributed by atoms with Crippen LogP contribution in [-0.2, 0) is 11.3 Å². The van der Waals surface area contributed by atoms with Gasteiger partial charge in [-0.3, -0.25) is 19.4 Å². The molecular weight excluding hydrogens is 395 g/mol. The lowest BCUT2D eigenvalue weighted by Crippen LogP contribution is -2.48. The van der Waals surface area contributed by atoms with Crippen molar-refractivity contribution in [2.24, 2.45) is 0 Å². The number of carbonyl (C=O) groups is 2. The molecule has 8 heteroatoms. The van der Waals surface area contributed by atoms with Gasteiger partial charge < -0.3 is 10.6 Å². The number of anilines is 1. The summed E-state index contributed by atoms with van der Waals surface area (Å²) in [4.78, 5) is 28.1. The van der Waals surface area contributed by atoms with Gasteiger partial charge >= 0.3 is 0 Å². The number of halogens is 2. The van der Waals surface area contributed by atoms with E-state index in [0.717, 1.165) is 26.2 Å². The Hall–Kier alpha value is -2.48. The quantitative estimate of drug-likeness (QED) is 0.756. The second-order valence-electron chi connectivity index (χ2n) is 6.96. The first-order valence-corrected chi connectivity index (χ1v) is 9.83. The normalized spacial score (nSPS) is 15.1. The standard InChI is InChI=1S/C21H24ClFN4O2/c1-24-21(29)15-5-7-16(8-6-15)25-20(28)14-27-11-9-26(10-12-27)13-17-18(22)3-2-4-19(17)23/h2-8H,9-14H2,1H3,(H,24,29)(H,25,28). The van der Waals surface area contributed by atoms with Crippen molar-refractivity contribution in [2.45, 2.75) is 6.54 Å². The van der Waals surface area contributed by atoms with Crippen LogP contribution in [-0.4, -0.2) is 61.4 Å². The molecule has 0 bridgehead atoms. The fourth-order valence-electron chi connectivity index (χ4n) is 3.27. The molecule has 2 N–H and O–H groups in total. The summed E-state index contributed by atoms with van der Waals surface area (Å²) in [7, 11) is 1.57. The molecule has 0 aliphatic carbocycles. The van der Waals surface area contributed by atoms with Crippen molar-refractivity contribution in [2.75, 3.05) is 45.1 Å². The summed E-state index contributed by atoms with van der Waals surface area (Å²) < 4.78 is 14.0. The molecule has 0 atom stereocenters. The molecule has 2 amide bonds. The highest BCUT2D eigenvalue weighted by molar-refractivity contribution is 6.31. The zero-order valence-electron chi connectivity index (χ0n) is 16.3. The minimum absolute atomic E-state index is 0.108. The largest absolute Gasteiger partial charge is 0.355 e. The molecule has 1 aliphatic rings. The first-order chi connectivity index (χ1) is 14.0. The Balaban J connectivity index is 1.45. The van der Waals surface area contributed by atoms with Crippen LogP contribution in [0.3, 0.4) is 0 Å². The maximum absolute atomic E-state index is 14.0. The zero-order chi connectivity index (χ0) is 20.8. The molecule has 1 saturated heterocycles. The zero-order valence-corrected chi connectivity index (χ0v) is 17.0. The molecule has 1 aliphatic heterocycles. The summed E-state index contributed by atoms with van der Waals surface area (Å²) in [6.07, 6.45) is 0. The highest BCUT2D eigenvalue weighted by atomic mass is 35.5. The Kier molecular flexibility index (Phi) is 7.19. The van der Waals surface area contributed by atoms with E-state index < -0.39 is 0 Å². The number of amides is 2. The van der Waals surface area contributed by atoms with Crippen molar-refractivity contribution >= 4 is 29.1 Å². The van der Waals surface area contributed by atoms with Crippen molar-refractivity contribution in [1.29, 1.82) is 0 Å². The number of nitrogens with zero attached hydrogens (tertiary/aromatic N) is 2. The second kappa shape index (κ2) is 9.82. The lowest BCUT2D eigenvalue weighted by Gasteiger charge is -2.34. The Morgan fingerprint density at radius 2 is 1.69 bits per heavy atom. The Morgan fingerprint density at radius 3 is 2.31 bits per heavy atom. The number of piperazine rings is 1. The van der Waals surface area contributed by atoms with Crippen LogP contribution < -0.4 is 10.6 Å². The summed E-state index contributed by atoms with van der Waals surface area (Å²) in [5, 5.41) is 5.84. The topological polar surface area (TPSA) is 64.7 Å². The molecule has 0 spiro atoms. The van der Waals surface area contributed by atoms with Gasteiger partial charge in [0.25, 0.3) is 5.91 Å². The van der Waals surface area contributed by atoms with E-state index in [-0.39, 0.29) is 24.2 Å². The molecule has 154 valence electrons. The van der Waals surface area contributed by atoms with Crippen LogP contribution in [0.15, 0.2) is 42.5 Å². The van der Waals surface area contributed by atoms with Crippen LogP contribution >= 0.6 is 11.6 Å². The number of benzene rings is 2. The number of carbonyl (C=O) groups excluding carboxylic acids is 2. The van der Waals surface area contributed by atoms with Gasteiger partial charge in [0, 0.05) is 61.6 Å². The number of nitrogens with one attached hydrogen (secondary N) is 2. The van der Waals surface area contributed by atoms with Gasteiger partial charge in [0.15, 0.2) is 0 Å². The Morgan fingerprint density at radius 1 is 1.03 bits per heavy atom. The summed E-state index contributed by atoms with van der Waals surface area (Å²) in [6, 6.07) is 11.5. The average Bonchev–Trinajstić information content (AvgIpc) is 2.72. The molecule has 3 rings (SSSR count). The van der Waals surface area contributed by atoms with Crippen molar-refractivity contribution in [3.63, 3.8) is 0 Å².